The van der Waals surface area contributed by atoms with Crippen LogP contribution < -0.4 is 13.7 Å². The molecule has 0 unspecified atom stereocenters. The molecule has 2 amide bonds. The van der Waals surface area contributed by atoms with Crippen LogP contribution in [-0.4, -0.2) is 44.7 Å². The number of ether oxygens (including phenoxy) is 2. The maximum Gasteiger partial charge on any atom is 0.339 e. The Bertz CT molecular complexity index is 1400. The van der Waals surface area contributed by atoms with Gasteiger partial charge in [-0.05, 0) is 66.7 Å². The molecule has 0 aromatic heterocycles. The predicted octanol–water partition coefficient (Wildman–Crippen LogP) is 4.89. The number of carbonyl (C=O) groups is 2. The third-order valence-electron chi connectivity index (χ3n) is 5.21. The van der Waals surface area contributed by atoms with E-state index in [-0.39, 0.29) is 33.9 Å². The largest absolute Gasteiger partial charge is 0.493 e. The number of imide groups is 1. The van der Waals surface area contributed by atoms with E-state index in [4.69, 9.17) is 13.7 Å². The second kappa shape index (κ2) is 10.9. The third-order valence-corrected chi connectivity index (χ3v) is 7.38. The summed E-state index contributed by atoms with van der Waals surface area (Å²) in [6, 6.07) is 19.7. The second-order valence-electron chi connectivity index (χ2n) is 7.75. The van der Waals surface area contributed by atoms with E-state index in [1.807, 2.05) is 13.0 Å². The molecule has 3 aromatic carbocycles. The number of para-hydroxylation sites is 2. The lowest BCUT2D eigenvalue weighted by atomic mass is 10.2. The number of benzene rings is 3. The Morgan fingerprint density at radius 3 is 2.25 bits per heavy atom. The molecule has 0 radical (unpaired) electrons. The standard InChI is InChI=1S/C26H23NO7S2/c1-18-7-13-21(14-8-18)36(30,31)34-20-11-9-19(10-12-20)17-24-25(28)27(26(29)35-24)15-16-33-23-6-4-3-5-22(23)32-2/h3-14,17H,15-16H2,1-2H3/b24-17-. The van der Waals surface area contributed by atoms with Crippen LogP contribution in [0.1, 0.15) is 11.1 Å². The average molecular weight is 526 g/mol. The van der Waals surface area contributed by atoms with Crippen LogP contribution in [-0.2, 0) is 14.9 Å². The summed E-state index contributed by atoms with van der Waals surface area (Å²) in [5, 5.41) is -0.390. The zero-order chi connectivity index (χ0) is 25.7. The highest BCUT2D eigenvalue weighted by Gasteiger charge is 2.34. The average Bonchev–Trinajstić information content (AvgIpc) is 3.13. The molecular weight excluding hydrogens is 502 g/mol. The van der Waals surface area contributed by atoms with Gasteiger partial charge in [0.25, 0.3) is 11.1 Å². The smallest absolute Gasteiger partial charge is 0.339 e. The minimum absolute atomic E-state index is 0.0561. The van der Waals surface area contributed by atoms with E-state index in [9.17, 15) is 18.0 Å². The van der Waals surface area contributed by atoms with Crippen LogP contribution in [0.15, 0.2) is 82.6 Å². The number of nitrogens with zero attached hydrogens (tertiary/aromatic N) is 1. The summed E-state index contributed by atoms with van der Waals surface area (Å²) in [6.07, 6.45) is 1.57. The van der Waals surface area contributed by atoms with Crippen molar-refractivity contribution in [3.63, 3.8) is 0 Å². The number of methoxy groups -OCH3 is 1. The quantitative estimate of drug-likeness (QED) is 0.288. The molecule has 4 rings (SSSR count). The summed E-state index contributed by atoms with van der Waals surface area (Å²) in [6.45, 7) is 2.07. The van der Waals surface area contributed by atoms with Gasteiger partial charge in [0.05, 0.1) is 18.6 Å². The van der Waals surface area contributed by atoms with Crippen molar-refractivity contribution in [3.05, 3.63) is 88.8 Å². The van der Waals surface area contributed by atoms with Gasteiger partial charge in [-0.2, -0.15) is 8.42 Å². The molecular formula is C26H23NO7S2. The molecule has 10 heteroatoms. The molecule has 1 aliphatic rings. The van der Waals surface area contributed by atoms with Crippen LogP contribution >= 0.6 is 11.8 Å². The Hall–Kier alpha value is -3.76. The summed E-state index contributed by atoms with van der Waals surface area (Å²) in [5.41, 5.74) is 1.55. The van der Waals surface area contributed by atoms with Gasteiger partial charge < -0.3 is 13.7 Å². The molecule has 0 N–H and O–H groups in total. The lowest BCUT2D eigenvalue weighted by molar-refractivity contribution is -0.123. The number of carbonyl (C=O) groups excluding carboxylic acids is 2. The zero-order valence-corrected chi connectivity index (χ0v) is 21.2. The highest BCUT2D eigenvalue weighted by Crippen LogP contribution is 2.33. The molecule has 1 fully saturated rings. The fraction of sp³-hybridized carbons (Fsp3) is 0.154. The van der Waals surface area contributed by atoms with Gasteiger partial charge in [-0.3, -0.25) is 14.5 Å². The van der Waals surface area contributed by atoms with Gasteiger partial charge in [0.2, 0.25) is 0 Å². The molecule has 0 atom stereocenters. The first-order chi connectivity index (χ1) is 17.3. The number of thioether (sulfide) groups is 1. The van der Waals surface area contributed by atoms with Crippen LogP contribution in [0.5, 0.6) is 17.2 Å². The topological polar surface area (TPSA) is 99.2 Å². The van der Waals surface area contributed by atoms with Crippen molar-refractivity contribution in [2.45, 2.75) is 11.8 Å². The van der Waals surface area contributed by atoms with Gasteiger partial charge in [-0.1, -0.05) is 42.0 Å². The van der Waals surface area contributed by atoms with Crippen molar-refractivity contribution in [1.29, 1.82) is 0 Å². The van der Waals surface area contributed by atoms with E-state index < -0.39 is 16.0 Å². The highest BCUT2D eigenvalue weighted by molar-refractivity contribution is 8.18. The lowest BCUT2D eigenvalue weighted by Gasteiger charge is -2.14. The number of rotatable bonds is 9. The minimum atomic E-state index is -3.97. The lowest BCUT2D eigenvalue weighted by Crippen LogP contribution is -2.32. The molecule has 36 heavy (non-hydrogen) atoms. The molecule has 1 aliphatic heterocycles. The van der Waals surface area contributed by atoms with Gasteiger partial charge in [-0.15, -0.1) is 0 Å². The van der Waals surface area contributed by atoms with Gasteiger partial charge >= 0.3 is 10.1 Å². The first-order valence-electron chi connectivity index (χ1n) is 10.9. The molecule has 0 saturated carbocycles. The van der Waals surface area contributed by atoms with E-state index in [1.54, 1.807) is 48.5 Å². The first kappa shape index (κ1) is 25.3. The van der Waals surface area contributed by atoms with Gasteiger partial charge in [-0.25, -0.2) is 0 Å². The van der Waals surface area contributed by atoms with Crippen molar-refractivity contribution >= 4 is 39.1 Å². The monoisotopic (exact) mass is 525 g/mol. The van der Waals surface area contributed by atoms with Crippen LogP contribution in [0.25, 0.3) is 6.08 Å². The maximum atomic E-state index is 12.8. The number of aryl methyl sites for hydroxylation is 1. The van der Waals surface area contributed by atoms with Gasteiger partial charge in [0, 0.05) is 0 Å². The minimum Gasteiger partial charge on any atom is -0.493 e. The molecule has 1 saturated heterocycles. The molecule has 8 nitrogen and oxygen atoms in total. The van der Waals surface area contributed by atoms with E-state index in [1.165, 1.54) is 31.4 Å². The van der Waals surface area contributed by atoms with Crippen molar-refractivity contribution in [1.82, 2.24) is 4.90 Å². The van der Waals surface area contributed by atoms with Crippen molar-refractivity contribution < 1.29 is 31.7 Å². The molecule has 0 aliphatic carbocycles. The van der Waals surface area contributed by atoms with Gasteiger partial charge in [0.15, 0.2) is 11.5 Å². The number of amides is 2. The summed E-state index contributed by atoms with van der Waals surface area (Å²) >= 11 is 0.834. The predicted molar refractivity (Wildman–Crippen MR) is 137 cm³/mol. The van der Waals surface area contributed by atoms with E-state index in [2.05, 4.69) is 0 Å². The highest BCUT2D eigenvalue weighted by atomic mass is 32.2. The molecule has 3 aromatic rings. The van der Waals surface area contributed by atoms with Crippen LogP contribution in [0.2, 0.25) is 0 Å². The first-order valence-corrected chi connectivity index (χ1v) is 13.1. The van der Waals surface area contributed by atoms with E-state index in [0.29, 0.717) is 17.1 Å². The van der Waals surface area contributed by atoms with Crippen molar-refractivity contribution in [2.75, 3.05) is 20.3 Å². The summed E-state index contributed by atoms with van der Waals surface area (Å²) in [5.74, 6) is 0.796. The Morgan fingerprint density at radius 2 is 1.58 bits per heavy atom. The maximum absolute atomic E-state index is 12.8. The number of hydrogen-bond acceptors (Lipinski definition) is 8. The Morgan fingerprint density at radius 1 is 0.917 bits per heavy atom. The van der Waals surface area contributed by atoms with E-state index in [0.717, 1.165) is 22.2 Å². The van der Waals surface area contributed by atoms with Gasteiger partial charge in [0.1, 0.15) is 17.3 Å². The Balaban J connectivity index is 1.38. The van der Waals surface area contributed by atoms with Crippen LogP contribution in [0.3, 0.4) is 0 Å². The van der Waals surface area contributed by atoms with Crippen molar-refractivity contribution in [2.24, 2.45) is 0 Å². The summed E-state index contributed by atoms with van der Waals surface area (Å²) < 4.78 is 41.0. The summed E-state index contributed by atoms with van der Waals surface area (Å²) in [4.78, 5) is 26.6. The summed E-state index contributed by atoms with van der Waals surface area (Å²) in [7, 11) is -2.43. The third kappa shape index (κ3) is 5.89. The zero-order valence-electron chi connectivity index (χ0n) is 19.5. The Labute approximate surface area is 213 Å². The fourth-order valence-corrected chi connectivity index (χ4v) is 5.12. The normalized spacial score (nSPS) is 14.8. The van der Waals surface area contributed by atoms with E-state index >= 15 is 0 Å². The molecule has 186 valence electrons. The fourth-order valence-electron chi connectivity index (χ4n) is 3.33. The molecule has 0 spiro atoms. The SMILES string of the molecule is COc1ccccc1OCCN1C(=O)S/C(=C\c2ccc(OS(=O)(=O)c3ccc(C)cc3)cc2)C1=O. The van der Waals surface area contributed by atoms with Crippen LogP contribution in [0, 0.1) is 6.92 Å². The number of hydrogen-bond donors (Lipinski definition) is 0. The Kier molecular flexibility index (Phi) is 7.66. The van der Waals surface area contributed by atoms with Crippen molar-refractivity contribution in [3.8, 4) is 17.2 Å². The molecule has 0 bridgehead atoms. The second-order valence-corrected chi connectivity index (χ2v) is 10.3. The molecule has 1 heterocycles. The van der Waals surface area contributed by atoms with Crippen LogP contribution in [0.4, 0.5) is 4.79 Å².